The summed E-state index contributed by atoms with van der Waals surface area (Å²) in [5.41, 5.74) is 0.853. The molecule has 1 rings (SSSR count). The van der Waals surface area contributed by atoms with Crippen LogP contribution in [0.1, 0.15) is 12.5 Å². The van der Waals surface area contributed by atoms with Crippen molar-refractivity contribution in [1.82, 2.24) is 0 Å². The molecule has 1 radical (unpaired) electrons. The van der Waals surface area contributed by atoms with Crippen molar-refractivity contribution in [3.8, 4) is 5.75 Å². The molecule has 1 aromatic rings. The van der Waals surface area contributed by atoms with Gasteiger partial charge in [0, 0.05) is 12.0 Å². The second kappa shape index (κ2) is 4.72. The van der Waals surface area contributed by atoms with Gasteiger partial charge in [-0.25, -0.2) is 0 Å². The zero-order valence-corrected chi connectivity index (χ0v) is 9.62. The molecule has 14 heavy (non-hydrogen) atoms. The maximum absolute atomic E-state index is 6.04. The molecule has 0 saturated carbocycles. The van der Waals surface area contributed by atoms with Gasteiger partial charge in [-0.05, 0) is 11.6 Å². The highest BCUT2D eigenvalue weighted by molar-refractivity contribution is 6.42. The predicted molar refractivity (Wildman–Crippen MR) is 61.2 cm³/mol. The molecule has 0 heterocycles. The van der Waals surface area contributed by atoms with Crippen LogP contribution in [0.25, 0.3) is 0 Å². The maximum Gasteiger partial charge on any atom is 0.120 e. The fourth-order valence-corrected chi connectivity index (χ4v) is 1.55. The molecule has 0 aromatic heterocycles. The third kappa shape index (κ3) is 2.23. The van der Waals surface area contributed by atoms with Gasteiger partial charge in [0.2, 0.25) is 0 Å². The number of hydrogen-bond acceptors (Lipinski definition) is 1. The Morgan fingerprint density at radius 2 is 2.07 bits per heavy atom. The van der Waals surface area contributed by atoms with Crippen LogP contribution in [0.2, 0.25) is 10.0 Å². The molecular formula is C11H11Cl2O. The number of hydrogen-bond donors (Lipinski definition) is 0. The molecule has 0 spiro atoms. The summed E-state index contributed by atoms with van der Waals surface area (Å²) in [6.07, 6.45) is 1.73. The van der Waals surface area contributed by atoms with Crippen LogP contribution in [0.15, 0.2) is 24.8 Å². The van der Waals surface area contributed by atoms with Gasteiger partial charge in [-0.2, -0.15) is 0 Å². The van der Waals surface area contributed by atoms with E-state index in [1.165, 1.54) is 0 Å². The second-order valence-electron chi connectivity index (χ2n) is 2.86. The van der Waals surface area contributed by atoms with Crippen LogP contribution in [0.5, 0.6) is 5.75 Å². The summed E-state index contributed by atoms with van der Waals surface area (Å²) in [5, 5.41) is 1.02. The molecule has 0 unspecified atom stereocenters. The maximum atomic E-state index is 6.04. The molecule has 75 valence electrons. The largest absolute Gasteiger partial charge is 0.497 e. The molecule has 1 aromatic carbocycles. The molecule has 0 fully saturated rings. The number of halogens is 2. The van der Waals surface area contributed by atoms with E-state index in [1.807, 2.05) is 13.0 Å². The number of allylic oxidation sites excluding steroid dienone is 1. The number of ether oxygens (including phenoxy) is 1. The topological polar surface area (TPSA) is 9.23 Å². The summed E-state index contributed by atoms with van der Waals surface area (Å²) in [5.74, 6) is 1.66. The second-order valence-corrected chi connectivity index (χ2v) is 3.64. The zero-order chi connectivity index (χ0) is 10.7. The van der Waals surface area contributed by atoms with E-state index in [1.54, 1.807) is 19.3 Å². The Labute approximate surface area is 94.3 Å². The van der Waals surface area contributed by atoms with Crippen LogP contribution in [0, 0.1) is 5.92 Å². The van der Waals surface area contributed by atoms with Crippen LogP contribution in [0.3, 0.4) is 0 Å². The first-order chi connectivity index (χ1) is 6.60. The lowest BCUT2D eigenvalue weighted by molar-refractivity contribution is 0.414. The standard InChI is InChI=1S/C11H11Cl2O/c1-4-7(2)9-5-8(14-3)6-10(12)11(9)13/h4-6H,1H2,2-3H3. The fraction of sp³-hybridized carbons (Fsp3) is 0.182. The van der Waals surface area contributed by atoms with E-state index >= 15 is 0 Å². The first kappa shape index (κ1) is 11.4. The normalized spacial score (nSPS) is 10.4. The molecule has 0 aliphatic heterocycles. The van der Waals surface area contributed by atoms with Gasteiger partial charge in [-0.15, -0.1) is 6.58 Å². The van der Waals surface area contributed by atoms with Crippen molar-refractivity contribution in [1.29, 1.82) is 0 Å². The molecule has 3 heteroatoms. The van der Waals surface area contributed by atoms with Crippen molar-refractivity contribution in [2.45, 2.75) is 6.92 Å². The highest BCUT2D eigenvalue weighted by atomic mass is 35.5. The van der Waals surface area contributed by atoms with Gasteiger partial charge >= 0.3 is 0 Å². The van der Waals surface area contributed by atoms with Crippen molar-refractivity contribution >= 4 is 23.2 Å². The van der Waals surface area contributed by atoms with Crippen LogP contribution in [0.4, 0.5) is 0 Å². The Balaban J connectivity index is 3.26. The fourth-order valence-electron chi connectivity index (χ4n) is 1.08. The van der Waals surface area contributed by atoms with Gasteiger partial charge in [-0.1, -0.05) is 36.2 Å². The highest BCUT2D eigenvalue weighted by Gasteiger charge is 2.12. The van der Waals surface area contributed by atoms with E-state index in [9.17, 15) is 0 Å². The van der Waals surface area contributed by atoms with Gasteiger partial charge in [0.25, 0.3) is 0 Å². The third-order valence-electron chi connectivity index (χ3n) is 1.97. The predicted octanol–water partition coefficient (Wildman–Crippen LogP) is 4.13. The quantitative estimate of drug-likeness (QED) is 0.758. The van der Waals surface area contributed by atoms with E-state index in [2.05, 4.69) is 6.58 Å². The average Bonchev–Trinajstić information content (AvgIpc) is 2.20. The number of rotatable bonds is 3. The van der Waals surface area contributed by atoms with Crippen LogP contribution in [-0.2, 0) is 0 Å². The smallest absolute Gasteiger partial charge is 0.120 e. The SMILES string of the molecule is C=C[C](C)c1cc(OC)cc(Cl)c1Cl. The van der Waals surface area contributed by atoms with E-state index in [-0.39, 0.29) is 0 Å². The Kier molecular flexibility index (Phi) is 3.85. The van der Waals surface area contributed by atoms with E-state index in [0.717, 1.165) is 11.5 Å². The molecule has 0 aliphatic carbocycles. The molecule has 0 N–H and O–H groups in total. The van der Waals surface area contributed by atoms with Gasteiger partial charge < -0.3 is 4.74 Å². The lowest BCUT2D eigenvalue weighted by Gasteiger charge is -2.11. The monoisotopic (exact) mass is 229 g/mol. The molecule has 1 nitrogen and oxygen atoms in total. The lowest BCUT2D eigenvalue weighted by Crippen LogP contribution is -1.94. The molecule has 0 bridgehead atoms. The summed E-state index contributed by atoms with van der Waals surface area (Å²) in [6.45, 7) is 5.60. The first-order valence-electron chi connectivity index (χ1n) is 4.09. The van der Waals surface area contributed by atoms with Crippen molar-refractivity contribution in [2.24, 2.45) is 0 Å². The summed E-state index contributed by atoms with van der Waals surface area (Å²) < 4.78 is 5.09. The third-order valence-corrected chi connectivity index (χ3v) is 2.77. The number of methoxy groups -OCH3 is 1. The lowest BCUT2D eigenvalue weighted by atomic mass is 10.0. The van der Waals surface area contributed by atoms with Crippen LogP contribution >= 0.6 is 23.2 Å². The molecule has 0 atom stereocenters. The van der Waals surface area contributed by atoms with E-state index in [4.69, 9.17) is 27.9 Å². The average molecular weight is 230 g/mol. The molecular weight excluding hydrogens is 219 g/mol. The Bertz CT molecular complexity index is 347. The van der Waals surface area contributed by atoms with E-state index < -0.39 is 0 Å². The van der Waals surface area contributed by atoms with Crippen molar-refractivity contribution in [3.05, 3.63) is 46.3 Å². The van der Waals surface area contributed by atoms with Gasteiger partial charge in [0.1, 0.15) is 5.75 Å². The highest BCUT2D eigenvalue weighted by Crippen LogP contribution is 2.34. The minimum Gasteiger partial charge on any atom is -0.497 e. The van der Waals surface area contributed by atoms with Crippen molar-refractivity contribution in [3.63, 3.8) is 0 Å². The zero-order valence-electron chi connectivity index (χ0n) is 8.10. The summed E-state index contributed by atoms with van der Waals surface area (Å²) in [4.78, 5) is 0. The summed E-state index contributed by atoms with van der Waals surface area (Å²) in [6, 6.07) is 3.52. The minimum absolute atomic E-state index is 0.488. The minimum atomic E-state index is 0.488. The Hall–Kier alpha value is -0.660. The van der Waals surface area contributed by atoms with Crippen LogP contribution in [-0.4, -0.2) is 7.11 Å². The van der Waals surface area contributed by atoms with E-state index in [0.29, 0.717) is 15.8 Å². The van der Waals surface area contributed by atoms with Crippen LogP contribution < -0.4 is 4.74 Å². The summed E-state index contributed by atoms with van der Waals surface area (Å²) >= 11 is 12.0. The van der Waals surface area contributed by atoms with Gasteiger partial charge in [0.15, 0.2) is 0 Å². The number of benzene rings is 1. The molecule has 0 amide bonds. The van der Waals surface area contributed by atoms with Crippen molar-refractivity contribution < 1.29 is 4.74 Å². The molecule has 0 saturated heterocycles. The summed E-state index contributed by atoms with van der Waals surface area (Å²) in [7, 11) is 1.59. The Morgan fingerprint density at radius 3 is 2.57 bits per heavy atom. The molecule has 0 aliphatic rings. The first-order valence-corrected chi connectivity index (χ1v) is 4.85. The van der Waals surface area contributed by atoms with Gasteiger partial charge in [-0.3, -0.25) is 0 Å². The van der Waals surface area contributed by atoms with Crippen molar-refractivity contribution in [2.75, 3.05) is 7.11 Å². The van der Waals surface area contributed by atoms with Gasteiger partial charge in [0.05, 0.1) is 17.2 Å². The Morgan fingerprint density at radius 1 is 1.43 bits per heavy atom.